The minimum absolute atomic E-state index is 0.0773. The zero-order valence-corrected chi connectivity index (χ0v) is 21.0. The normalized spacial score (nSPS) is 15.1. The molecule has 11 heteroatoms. The van der Waals surface area contributed by atoms with Gasteiger partial charge in [0.05, 0.1) is 24.2 Å². The van der Waals surface area contributed by atoms with Gasteiger partial charge >= 0.3 is 0 Å². The van der Waals surface area contributed by atoms with Crippen LogP contribution in [0.3, 0.4) is 0 Å². The van der Waals surface area contributed by atoms with Gasteiger partial charge in [0, 0.05) is 5.56 Å². The molecule has 0 saturated carbocycles. The third-order valence-electron chi connectivity index (χ3n) is 5.60. The molecule has 184 valence electrons. The fourth-order valence-corrected chi connectivity index (χ4v) is 5.98. The number of nitrogens with zero attached hydrogens (tertiary/aromatic N) is 3. The first-order valence-corrected chi connectivity index (χ1v) is 13.2. The summed E-state index contributed by atoms with van der Waals surface area (Å²) in [5.74, 6) is 0.314. The number of rotatable bonds is 6. The number of anilines is 2. The van der Waals surface area contributed by atoms with Gasteiger partial charge in [0.2, 0.25) is 5.13 Å². The second-order valence-corrected chi connectivity index (χ2v) is 10.9. The van der Waals surface area contributed by atoms with E-state index in [1.807, 2.05) is 37.3 Å². The standard InChI is InChI=1S/C25H22N4O5S2/c1-16-8-13-21-20(14-16)29(36(31,32)19-11-9-18(33-2)10-12-19)15-22(34-21)23(30)26-25-28-27-24(35-25)17-6-4-3-5-7-17/h3-14,22H,15H2,1-2H3,(H,26,28,30). The molecule has 1 aliphatic heterocycles. The van der Waals surface area contributed by atoms with Crippen LogP contribution in [-0.4, -0.2) is 44.3 Å². The van der Waals surface area contributed by atoms with E-state index >= 15 is 0 Å². The number of carbonyl (C=O) groups is 1. The third kappa shape index (κ3) is 4.62. The summed E-state index contributed by atoms with van der Waals surface area (Å²) in [7, 11) is -2.49. The monoisotopic (exact) mass is 522 g/mol. The number of sulfonamides is 1. The van der Waals surface area contributed by atoms with Crippen molar-refractivity contribution < 1.29 is 22.7 Å². The van der Waals surface area contributed by atoms with Gasteiger partial charge in [-0.25, -0.2) is 8.42 Å². The zero-order valence-electron chi connectivity index (χ0n) is 19.4. The Morgan fingerprint density at radius 1 is 1.08 bits per heavy atom. The second kappa shape index (κ2) is 9.59. The van der Waals surface area contributed by atoms with Crippen LogP contribution in [0.2, 0.25) is 0 Å². The summed E-state index contributed by atoms with van der Waals surface area (Å²) in [6.07, 6.45) is -1.10. The fourth-order valence-electron chi connectivity index (χ4n) is 3.76. The molecule has 1 atom stereocenters. The zero-order chi connectivity index (χ0) is 25.3. The summed E-state index contributed by atoms with van der Waals surface area (Å²) in [6.45, 7) is 1.65. The van der Waals surface area contributed by atoms with Gasteiger partial charge in [-0.2, -0.15) is 0 Å². The maximum Gasteiger partial charge on any atom is 0.269 e. The molecule has 9 nitrogen and oxygen atoms in total. The Balaban J connectivity index is 1.42. The first-order valence-electron chi connectivity index (χ1n) is 11.0. The Bertz CT molecular complexity index is 1510. The summed E-state index contributed by atoms with van der Waals surface area (Å²) >= 11 is 1.22. The highest BCUT2D eigenvalue weighted by molar-refractivity contribution is 7.92. The highest BCUT2D eigenvalue weighted by Crippen LogP contribution is 2.38. The molecule has 3 aromatic carbocycles. The van der Waals surface area contributed by atoms with Crippen molar-refractivity contribution in [3.63, 3.8) is 0 Å². The van der Waals surface area contributed by atoms with Crippen molar-refractivity contribution in [1.29, 1.82) is 0 Å². The van der Waals surface area contributed by atoms with E-state index in [9.17, 15) is 13.2 Å². The maximum atomic E-state index is 13.6. The minimum atomic E-state index is -4.00. The number of aromatic nitrogens is 2. The molecular weight excluding hydrogens is 500 g/mol. The van der Waals surface area contributed by atoms with Gasteiger partial charge in [-0.05, 0) is 48.9 Å². The summed E-state index contributed by atoms with van der Waals surface area (Å²) < 4.78 is 39.5. The van der Waals surface area contributed by atoms with Crippen molar-refractivity contribution in [2.45, 2.75) is 17.9 Å². The molecule has 1 aliphatic rings. The number of methoxy groups -OCH3 is 1. The molecule has 2 heterocycles. The van der Waals surface area contributed by atoms with Crippen molar-refractivity contribution in [3.05, 3.63) is 78.4 Å². The molecule has 5 rings (SSSR count). The quantitative estimate of drug-likeness (QED) is 0.406. The lowest BCUT2D eigenvalue weighted by Gasteiger charge is -2.34. The number of fused-ring (bicyclic) bond motifs is 1. The van der Waals surface area contributed by atoms with Crippen LogP contribution in [0.5, 0.6) is 11.5 Å². The first kappa shape index (κ1) is 23.8. The number of carbonyl (C=O) groups excluding carboxylic acids is 1. The average molecular weight is 523 g/mol. The highest BCUT2D eigenvalue weighted by atomic mass is 32.2. The maximum absolute atomic E-state index is 13.6. The summed E-state index contributed by atoms with van der Waals surface area (Å²) in [5, 5.41) is 11.8. The highest BCUT2D eigenvalue weighted by Gasteiger charge is 2.38. The molecule has 0 aliphatic carbocycles. The number of ether oxygens (including phenoxy) is 2. The smallest absolute Gasteiger partial charge is 0.269 e. The van der Waals surface area contributed by atoms with E-state index in [1.165, 1.54) is 34.9 Å². The number of aryl methyl sites for hydroxylation is 1. The van der Waals surface area contributed by atoms with Gasteiger partial charge in [0.25, 0.3) is 15.9 Å². The largest absolute Gasteiger partial charge is 0.497 e. The van der Waals surface area contributed by atoms with Gasteiger partial charge in [-0.3, -0.25) is 14.4 Å². The lowest BCUT2D eigenvalue weighted by Crippen LogP contribution is -2.48. The Kier molecular flexibility index (Phi) is 6.33. The molecule has 0 radical (unpaired) electrons. The van der Waals surface area contributed by atoms with Gasteiger partial charge in [0.1, 0.15) is 16.5 Å². The third-order valence-corrected chi connectivity index (χ3v) is 8.28. The Hall–Kier alpha value is -3.96. The average Bonchev–Trinajstić information content (AvgIpc) is 3.37. The van der Waals surface area contributed by atoms with Crippen LogP contribution < -0.4 is 19.1 Å². The number of hydrogen-bond acceptors (Lipinski definition) is 8. The summed E-state index contributed by atoms with van der Waals surface area (Å²) in [6, 6.07) is 20.8. The van der Waals surface area contributed by atoms with Crippen molar-refractivity contribution in [2.24, 2.45) is 0 Å². The van der Waals surface area contributed by atoms with Crippen LogP contribution in [0.25, 0.3) is 10.6 Å². The van der Waals surface area contributed by atoms with Crippen molar-refractivity contribution in [1.82, 2.24) is 10.2 Å². The Morgan fingerprint density at radius 3 is 2.56 bits per heavy atom. The minimum Gasteiger partial charge on any atom is -0.497 e. The Morgan fingerprint density at radius 2 is 1.83 bits per heavy atom. The van der Waals surface area contributed by atoms with E-state index in [1.54, 1.807) is 30.3 Å². The van der Waals surface area contributed by atoms with Crippen LogP contribution in [0.15, 0.2) is 77.7 Å². The lowest BCUT2D eigenvalue weighted by atomic mass is 10.1. The van der Waals surface area contributed by atoms with Crippen molar-refractivity contribution in [3.8, 4) is 22.1 Å². The van der Waals surface area contributed by atoms with E-state index in [2.05, 4.69) is 15.5 Å². The van der Waals surface area contributed by atoms with Gasteiger partial charge < -0.3 is 9.47 Å². The number of amides is 1. The topological polar surface area (TPSA) is 111 Å². The molecule has 1 unspecified atom stereocenters. The first-order chi connectivity index (χ1) is 17.3. The van der Waals surface area contributed by atoms with E-state index in [0.717, 1.165) is 11.1 Å². The predicted octanol–water partition coefficient (Wildman–Crippen LogP) is 4.12. The molecule has 0 saturated heterocycles. The van der Waals surface area contributed by atoms with E-state index in [-0.39, 0.29) is 11.4 Å². The summed E-state index contributed by atoms with van der Waals surface area (Å²) in [4.78, 5) is 13.2. The molecule has 4 aromatic rings. The van der Waals surface area contributed by atoms with Crippen LogP contribution in [0.4, 0.5) is 10.8 Å². The van der Waals surface area contributed by atoms with Crippen molar-refractivity contribution >= 4 is 38.1 Å². The van der Waals surface area contributed by atoms with Gasteiger partial charge in [-0.1, -0.05) is 47.7 Å². The molecule has 36 heavy (non-hydrogen) atoms. The fraction of sp³-hybridized carbons (Fsp3) is 0.160. The number of benzene rings is 3. The van der Waals surface area contributed by atoms with Crippen LogP contribution in [0, 0.1) is 6.92 Å². The molecule has 1 amide bonds. The van der Waals surface area contributed by atoms with Crippen LogP contribution in [-0.2, 0) is 14.8 Å². The van der Waals surface area contributed by atoms with Gasteiger partial charge in [-0.15, -0.1) is 10.2 Å². The van der Waals surface area contributed by atoms with Gasteiger partial charge in [0.15, 0.2) is 6.10 Å². The summed E-state index contributed by atoms with van der Waals surface area (Å²) in [5.41, 5.74) is 2.11. The molecule has 0 bridgehead atoms. The molecule has 0 spiro atoms. The number of hydrogen-bond donors (Lipinski definition) is 1. The van der Waals surface area contributed by atoms with Crippen molar-refractivity contribution in [2.75, 3.05) is 23.3 Å². The SMILES string of the molecule is COc1ccc(S(=O)(=O)N2CC(C(=O)Nc3nnc(-c4ccccc4)s3)Oc3ccc(C)cc32)cc1. The Labute approximate surface area is 212 Å². The second-order valence-electron chi connectivity index (χ2n) is 8.06. The predicted molar refractivity (Wildman–Crippen MR) is 137 cm³/mol. The van der Waals surface area contributed by atoms with E-state index in [4.69, 9.17) is 9.47 Å². The van der Waals surface area contributed by atoms with E-state index < -0.39 is 22.0 Å². The number of nitrogens with one attached hydrogen (secondary N) is 1. The van der Waals surface area contributed by atoms with Crippen LogP contribution in [0.1, 0.15) is 5.56 Å². The van der Waals surface area contributed by atoms with E-state index in [0.29, 0.717) is 27.3 Å². The molecule has 1 N–H and O–H groups in total. The molecule has 0 fully saturated rings. The molecule has 1 aromatic heterocycles. The van der Waals surface area contributed by atoms with Crippen LogP contribution >= 0.6 is 11.3 Å². The molecular formula is C25H22N4O5S2. The lowest BCUT2D eigenvalue weighted by molar-refractivity contribution is -0.122.